The minimum absolute atomic E-state index is 0.00371. The molecule has 0 saturated carbocycles. The zero-order valence-electron chi connectivity index (χ0n) is 31.3. The van der Waals surface area contributed by atoms with Crippen LogP contribution >= 0.6 is 0 Å². The number of likely N-dealkylation sites (N-methyl/N-ethyl adjacent to an activating group) is 4. The summed E-state index contributed by atoms with van der Waals surface area (Å²) in [6.45, 7) is 10.0. The predicted molar refractivity (Wildman–Crippen MR) is 201 cm³/mol. The third kappa shape index (κ3) is 41.1. The van der Waals surface area contributed by atoms with E-state index in [0.29, 0.717) is 52.4 Å². The van der Waals surface area contributed by atoms with Crippen LogP contribution in [0.1, 0.15) is 70.6 Å². The molecule has 0 unspecified atom stereocenters. The van der Waals surface area contributed by atoms with Gasteiger partial charge < -0.3 is 53.2 Å². The van der Waals surface area contributed by atoms with Crippen molar-refractivity contribution in [2.24, 2.45) is 21.5 Å². The number of carbonyl (C=O) groups is 2. The average Bonchev–Trinajstić information content (AvgIpc) is 3.11. The van der Waals surface area contributed by atoms with Crippen molar-refractivity contribution in [3.63, 3.8) is 0 Å². The lowest BCUT2D eigenvalue weighted by Gasteiger charge is -2.23. The first-order valence-corrected chi connectivity index (χ1v) is 18.0. The number of aliphatic imine (C=N–C) groups is 2. The molecule has 0 aliphatic rings. The molecular weight excluding hydrogens is 628 g/mol. The van der Waals surface area contributed by atoms with E-state index in [1.165, 1.54) is 18.6 Å². The Hall–Kier alpha value is -2.94. The Morgan fingerprint density at radius 2 is 0.796 bits per heavy atom. The molecule has 0 aromatic heterocycles. The SMILES string of the molecule is CNCCN(CCNC)C(=O)NCCCCCCNC(=O)N(CCNC)CCNC.NCCCCCN.O=C=NCCCCCCN=C=O. The maximum Gasteiger partial charge on any atom is 0.317 e. The summed E-state index contributed by atoms with van der Waals surface area (Å²) in [5.74, 6) is 0. The van der Waals surface area contributed by atoms with Crippen LogP contribution in [0.3, 0.4) is 0 Å². The normalized spacial score (nSPS) is 9.92. The van der Waals surface area contributed by atoms with Gasteiger partial charge in [0.1, 0.15) is 0 Å². The van der Waals surface area contributed by atoms with Crippen molar-refractivity contribution in [1.29, 1.82) is 0 Å². The number of carbonyl (C=O) groups excluding carboxylic acids is 4. The molecular formula is C33H72N12O4. The summed E-state index contributed by atoms with van der Waals surface area (Å²) in [4.78, 5) is 54.3. The average molecular weight is 701 g/mol. The van der Waals surface area contributed by atoms with E-state index in [9.17, 15) is 19.2 Å². The van der Waals surface area contributed by atoms with Crippen molar-refractivity contribution >= 4 is 24.2 Å². The van der Waals surface area contributed by atoms with Crippen molar-refractivity contribution in [2.75, 3.05) is 120 Å². The lowest BCUT2D eigenvalue weighted by molar-refractivity contribution is 0.197. The van der Waals surface area contributed by atoms with Crippen LogP contribution in [-0.2, 0) is 9.59 Å². The number of nitrogens with one attached hydrogen (secondary N) is 6. The molecule has 0 aromatic carbocycles. The minimum atomic E-state index is -0.00371. The van der Waals surface area contributed by atoms with Crippen molar-refractivity contribution in [2.45, 2.75) is 70.6 Å². The number of nitrogens with two attached hydrogens (primary N) is 2. The van der Waals surface area contributed by atoms with Crippen LogP contribution in [0.15, 0.2) is 9.98 Å². The van der Waals surface area contributed by atoms with Gasteiger partial charge in [0.15, 0.2) is 0 Å². The van der Waals surface area contributed by atoms with Gasteiger partial charge >= 0.3 is 12.1 Å². The van der Waals surface area contributed by atoms with Gasteiger partial charge in [-0.25, -0.2) is 29.2 Å². The quantitative estimate of drug-likeness (QED) is 0.0298. The molecule has 288 valence electrons. The Morgan fingerprint density at radius 3 is 1.08 bits per heavy atom. The van der Waals surface area contributed by atoms with Crippen LogP contribution in [0, 0.1) is 0 Å². The van der Waals surface area contributed by atoms with E-state index in [2.05, 4.69) is 41.9 Å². The Bertz CT molecular complexity index is 733. The predicted octanol–water partition coefficient (Wildman–Crippen LogP) is 0.740. The zero-order chi connectivity index (χ0) is 37.1. The van der Waals surface area contributed by atoms with Gasteiger partial charge in [-0.15, -0.1) is 0 Å². The lowest BCUT2D eigenvalue weighted by atomic mass is 10.2. The standard InChI is InChI=1S/C20H46N8O2.C8H12N2O2.C5H14N2/c1-21-11-15-27(16-12-22-2)19(29)25-9-7-5-6-8-10-26-20(30)28(17-13-23-3)18-14-24-4;11-7-9-5-3-1-2-4-6-10-8-12;6-4-2-1-3-5-7/h21-24H,5-18H2,1-4H3,(H,25,29)(H,26,30);1-6H2;1-7H2. The molecule has 4 amide bonds. The maximum absolute atomic E-state index is 12.3. The molecule has 16 nitrogen and oxygen atoms in total. The second-order valence-electron chi connectivity index (χ2n) is 11.3. The van der Waals surface area contributed by atoms with Crippen molar-refractivity contribution < 1.29 is 19.2 Å². The largest absolute Gasteiger partial charge is 0.338 e. The molecule has 0 bridgehead atoms. The first-order valence-electron chi connectivity index (χ1n) is 18.0. The summed E-state index contributed by atoms with van der Waals surface area (Å²) in [6, 6.07) is -0.00742. The maximum atomic E-state index is 12.3. The summed E-state index contributed by atoms with van der Waals surface area (Å²) in [5, 5.41) is 18.3. The number of nitrogens with zero attached hydrogens (tertiary/aromatic N) is 4. The Morgan fingerprint density at radius 1 is 0.490 bits per heavy atom. The van der Waals surface area contributed by atoms with Gasteiger partial charge in [0, 0.05) is 65.4 Å². The molecule has 0 spiro atoms. The van der Waals surface area contributed by atoms with Crippen LogP contribution < -0.4 is 43.4 Å². The first-order chi connectivity index (χ1) is 23.9. The molecule has 0 aliphatic carbocycles. The highest BCUT2D eigenvalue weighted by Crippen LogP contribution is 2.00. The second kappa shape index (κ2) is 45.1. The van der Waals surface area contributed by atoms with E-state index in [1.807, 2.05) is 38.0 Å². The molecule has 0 atom stereocenters. The summed E-state index contributed by atoms with van der Waals surface area (Å²) in [6.07, 6.45) is 14.2. The molecule has 0 aromatic rings. The Balaban J connectivity index is -0.000000905. The van der Waals surface area contributed by atoms with Crippen LogP contribution in [0.4, 0.5) is 9.59 Å². The third-order valence-corrected chi connectivity index (χ3v) is 7.08. The van der Waals surface area contributed by atoms with Crippen LogP contribution in [0.25, 0.3) is 0 Å². The molecule has 0 fully saturated rings. The third-order valence-electron chi connectivity index (χ3n) is 7.08. The van der Waals surface area contributed by atoms with Crippen molar-refractivity contribution in [1.82, 2.24) is 41.7 Å². The number of amides is 4. The number of isocyanates is 2. The topological polar surface area (TPSA) is 224 Å². The zero-order valence-corrected chi connectivity index (χ0v) is 31.3. The van der Waals surface area contributed by atoms with E-state index in [1.54, 1.807) is 0 Å². The summed E-state index contributed by atoms with van der Waals surface area (Å²) in [7, 11) is 7.55. The molecule has 0 rings (SSSR count). The van der Waals surface area contributed by atoms with Crippen LogP contribution in [0.5, 0.6) is 0 Å². The number of unbranched alkanes of at least 4 members (excludes halogenated alkanes) is 8. The highest BCUT2D eigenvalue weighted by Gasteiger charge is 2.12. The van der Waals surface area contributed by atoms with Crippen molar-refractivity contribution in [3.05, 3.63) is 0 Å². The van der Waals surface area contributed by atoms with Gasteiger partial charge in [-0.05, 0) is 79.8 Å². The smallest absolute Gasteiger partial charge is 0.317 e. The van der Waals surface area contributed by atoms with E-state index in [-0.39, 0.29) is 12.1 Å². The van der Waals surface area contributed by atoms with Gasteiger partial charge in [-0.3, -0.25) is 0 Å². The molecule has 0 radical (unpaired) electrons. The number of hydrogen-bond donors (Lipinski definition) is 8. The van der Waals surface area contributed by atoms with Gasteiger partial charge in [-0.2, -0.15) is 0 Å². The van der Waals surface area contributed by atoms with Gasteiger partial charge in [0.05, 0.1) is 13.1 Å². The monoisotopic (exact) mass is 701 g/mol. The fourth-order valence-electron chi connectivity index (χ4n) is 4.13. The number of hydrogen-bond acceptors (Lipinski definition) is 12. The first kappa shape index (κ1) is 50.4. The molecule has 0 saturated heterocycles. The van der Waals surface area contributed by atoms with E-state index >= 15 is 0 Å². The highest BCUT2D eigenvalue weighted by molar-refractivity contribution is 5.74. The summed E-state index contributed by atoms with van der Waals surface area (Å²) < 4.78 is 0. The lowest BCUT2D eigenvalue weighted by Crippen LogP contribution is -2.45. The van der Waals surface area contributed by atoms with Crippen molar-refractivity contribution in [3.8, 4) is 0 Å². The van der Waals surface area contributed by atoms with Gasteiger partial charge in [-0.1, -0.05) is 32.1 Å². The fourth-order valence-corrected chi connectivity index (χ4v) is 4.13. The van der Waals surface area contributed by atoms with E-state index in [4.69, 9.17) is 11.5 Å². The van der Waals surface area contributed by atoms with Crippen LogP contribution in [-0.4, -0.2) is 154 Å². The van der Waals surface area contributed by atoms with Gasteiger partial charge in [0.2, 0.25) is 12.2 Å². The van der Waals surface area contributed by atoms with E-state index in [0.717, 1.165) is 103 Å². The highest BCUT2D eigenvalue weighted by atomic mass is 16.2. The molecule has 0 aliphatic heterocycles. The van der Waals surface area contributed by atoms with E-state index < -0.39 is 0 Å². The second-order valence-corrected chi connectivity index (χ2v) is 11.3. The molecule has 16 heteroatoms. The van der Waals surface area contributed by atoms with Gasteiger partial charge in [0.25, 0.3) is 0 Å². The Labute approximate surface area is 296 Å². The molecule has 49 heavy (non-hydrogen) atoms. The summed E-state index contributed by atoms with van der Waals surface area (Å²) in [5.41, 5.74) is 10.5. The van der Waals surface area contributed by atoms with Crippen LogP contribution in [0.2, 0.25) is 0 Å². The minimum Gasteiger partial charge on any atom is -0.338 e. The number of rotatable bonds is 30. The Kier molecular flexibility index (Phi) is 46.4. The molecule has 10 N–H and O–H groups in total. The summed E-state index contributed by atoms with van der Waals surface area (Å²) >= 11 is 0. The number of urea groups is 2. The fraction of sp³-hybridized carbons (Fsp3) is 0.879. The molecule has 0 heterocycles.